The van der Waals surface area contributed by atoms with Crippen molar-refractivity contribution in [3.05, 3.63) is 52.8 Å². The molecular weight excluding hydrogens is 398 g/mol. The van der Waals surface area contributed by atoms with Gasteiger partial charge in [-0.3, -0.25) is 4.90 Å². The molecular formula is C26H35N5O. The van der Waals surface area contributed by atoms with Crippen LogP contribution in [-0.2, 0) is 7.05 Å². The van der Waals surface area contributed by atoms with Crippen LogP contribution in [0.3, 0.4) is 0 Å². The maximum Gasteiger partial charge on any atom is 0.120 e. The Hall–Kier alpha value is -2.80. The zero-order valence-electron chi connectivity index (χ0n) is 19.7. The van der Waals surface area contributed by atoms with E-state index in [9.17, 15) is 5.26 Å². The summed E-state index contributed by atoms with van der Waals surface area (Å²) in [6.45, 7) is 11.3. The Kier molecular flexibility index (Phi) is 8.73. The lowest BCUT2D eigenvalue weighted by Crippen LogP contribution is -2.47. The summed E-state index contributed by atoms with van der Waals surface area (Å²) >= 11 is 0. The first-order valence-electron chi connectivity index (χ1n) is 11.7. The van der Waals surface area contributed by atoms with Crippen LogP contribution in [0.2, 0.25) is 0 Å². The Morgan fingerprint density at radius 1 is 1.03 bits per heavy atom. The second-order valence-corrected chi connectivity index (χ2v) is 8.66. The SMILES string of the molecule is CCC(CCCN1CCN(CCOc2cccc(C#N)c2)CC1)c1cc(C#N)c(C)n1C. The Bertz CT molecular complexity index is 960. The summed E-state index contributed by atoms with van der Waals surface area (Å²) in [7, 11) is 2.08. The lowest BCUT2D eigenvalue weighted by molar-refractivity contribution is 0.115. The van der Waals surface area contributed by atoms with Gasteiger partial charge in [0.05, 0.1) is 17.2 Å². The van der Waals surface area contributed by atoms with Gasteiger partial charge in [0, 0.05) is 51.2 Å². The van der Waals surface area contributed by atoms with Gasteiger partial charge in [-0.05, 0) is 62.9 Å². The standard InChI is InChI=1S/C26H35N5O/c1-4-23(26-18-24(20-28)21(2)29(26)3)8-6-10-30-11-13-31(14-12-30)15-16-32-25-9-5-7-22(17-25)19-27/h5,7,9,17-18,23H,4,6,8,10-16H2,1-3H3. The molecule has 3 rings (SSSR count). The number of ether oxygens (including phenoxy) is 1. The van der Waals surface area contributed by atoms with Gasteiger partial charge in [-0.1, -0.05) is 13.0 Å². The number of piperazine rings is 1. The van der Waals surface area contributed by atoms with E-state index in [2.05, 4.69) is 46.5 Å². The van der Waals surface area contributed by atoms with Crippen molar-refractivity contribution in [2.45, 2.75) is 39.0 Å². The van der Waals surface area contributed by atoms with Gasteiger partial charge in [0.2, 0.25) is 0 Å². The summed E-state index contributed by atoms with van der Waals surface area (Å²) in [5.41, 5.74) is 3.80. The van der Waals surface area contributed by atoms with Crippen molar-refractivity contribution in [1.29, 1.82) is 10.5 Å². The van der Waals surface area contributed by atoms with Gasteiger partial charge in [0.25, 0.3) is 0 Å². The van der Waals surface area contributed by atoms with Crippen LogP contribution in [0, 0.1) is 29.6 Å². The molecule has 0 aliphatic carbocycles. The van der Waals surface area contributed by atoms with E-state index in [0.29, 0.717) is 18.1 Å². The molecule has 1 aliphatic heterocycles. The highest BCUT2D eigenvalue weighted by atomic mass is 16.5. The van der Waals surface area contributed by atoms with Crippen LogP contribution in [-0.4, -0.2) is 60.2 Å². The molecule has 0 amide bonds. The molecule has 1 atom stereocenters. The van der Waals surface area contributed by atoms with Crippen LogP contribution >= 0.6 is 0 Å². The average molecular weight is 434 g/mol. The predicted octanol–water partition coefficient (Wildman–Crippen LogP) is 4.05. The molecule has 6 heteroatoms. The Morgan fingerprint density at radius 3 is 2.38 bits per heavy atom. The number of hydrogen-bond donors (Lipinski definition) is 0. The highest BCUT2D eigenvalue weighted by Crippen LogP contribution is 2.28. The van der Waals surface area contributed by atoms with E-state index in [1.807, 2.05) is 19.1 Å². The van der Waals surface area contributed by atoms with E-state index in [1.54, 1.807) is 12.1 Å². The van der Waals surface area contributed by atoms with Gasteiger partial charge in [0.1, 0.15) is 18.4 Å². The van der Waals surface area contributed by atoms with Gasteiger partial charge in [-0.25, -0.2) is 0 Å². The Labute approximate surface area is 192 Å². The van der Waals surface area contributed by atoms with Crippen LogP contribution in [0.4, 0.5) is 0 Å². The quantitative estimate of drug-likeness (QED) is 0.565. The van der Waals surface area contributed by atoms with Crippen molar-refractivity contribution in [1.82, 2.24) is 14.4 Å². The molecule has 6 nitrogen and oxygen atoms in total. The van der Waals surface area contributed by atoms with E-state index in [-0.39, 0.29) is 0 Å². The Morgan fingerprint density at radius 2 is 1.75 bits per heavy atom. The van der Waals surface area contributed by atoms with Gasteiger partial charge in [0.15, 0.2) is 0 Å². The molecule has 1 aromatic heterocycles. The largest absolute Gasteiger partial charge is 0.492 e. The highest BCUT2D eigenvalue weighted by molar-refractivity contribution is 5.38. The molecule has 1 unspecified atom stereocenters. The lowest BCUT2D eigenvalue weighted by atomic mass is 9.96. The fourth-order valence-corrected chi connectivity index (χ4v) is 4.54. The third-order valence-corrected chi connectivity index (χ3v) is 6.74. The third-order valence-electron chi connectivity index (χ3n) is 6.74. The highest BCUT2D eigenvalue weighted by Gasteiger charge is 2.19. The first-order valence-corrected chi connectivity index (χ1v) is 11.7. The fraction of sp³-hybridized carbons (Fsp3) is 0.538. The van der Waals surface area contributed by atoms with Gasteiger partial charge < -0.3 is 14.2 Å². The van der Waals surface area contributed by atoms with Crippen LogP contribution in [0.5, 0.6) is 5.75 Å². The molecule has 0 radical (unpaired) electrons. The van der Waals surface area contributed by atoms with Gasteiger partial charge >= 0.3 is 0 Å². The summed E-state index contributed by atoms with van der Waals surface area (Å²) in [6, 6.07) is 13.9. The van der Waals surface area contributed by atoms with Crippen molar-refractivity contribution >= 4 is 0 Å². The number of nitrogens with zero attached hydrogens (tertiary/aromatic N) is 5. The normalized spacial score (nSPS) is 15.8. The molecule has 1 fully saturated rings. The van der Waals surface area contributed by atoms with Crippen molar-refractivity contribution in [2.24, 2.45) is 7.05 Å². The first-order chi connectivity index (χ1) is 15.5. The topological polar surface area (TPSA) is 68.2 Å². The molecule has 2 aromatic rings. The monoisotopic (exact) mass is 433 g/mol. The second kappa shape index (κ2) is 11.7. The number of aromatic nitrogens is 1. The van der Waals surface area contributed by atoms with Crippen molar-refractivity contribution in [3.63, 3.8) is 0 Å². The summed E-state index contributed by atoms with van der Waals surface area (Å²) in [6.07, 6.45) is 3.45. The summed E-state index contributed by atoms with van der Waals surface area (Å²) in [4.78, 5) is 5.02. The van der Waals surface area contributed by atoms with Crippen LogP contribution in [0.15, 0.2) is 30.3 Å². The van der Waals surface area contributed by atoms with E-state index >= 15 is 0 Å². The zero-order chi connectivity index (χ0) is 22.9. The van der Waals surface area contributed by atoms with E-state index in [4.69, 9.17) is 10.00 Å². The number of hydrogen-bond acceptors (Lipinski definition) is 5. The van der Waals surface area contributed by atoms with Crippen LogP contribution in [0.25, 0.3) is 0 Å². The van der Waals surface area contributed by atoms with Crippen LogP contribution < -0.4 is 4.74 Å². The predicted molar refractivity (Wildman–Crippen MR) is 127 cm³/mol. The summed E-state index contributed by atoms with van der Waals surface area (Å²) in [5, 5.41) is 18.3. The maximum atomic E-state index is 9.32. The lowest BCUT2D eigenvalue weighted by Gasteiger charge is -2.34. The molecule has 1 saturated heterocycles. The van der Waals surface area contributed by atoms with Gasteiger partial charge in [-0.2, -0.15) is 10.5 Å². The number of benzene rings is 1. The van der Waals surface area contributed by atoms with E-state index in [0.717, 1.165) is 69.1 Å². The minimum Gasteiger partial charge on any atom is -0.492 e. The van der Waals surface area contributed by atoms with Gasteiger partial charge in [-0.15, -0.1) is 0 Å². The number of nitriles is 2. The van der Waals surface area contributed by atoms with Crippen molar-refractivity contribution in [3.8, 4) is 17.9 Å². The smallest absolute Gasteiger partial charge is 0.120 e. The summed E-state index contributed by atoms with van der Waals surface area (Å²) in [5.74, 6) is 1.28. The molecule has 0 saturated carbocycles. The summed E-state index contributed by atoms with van der Waals surface area (Å²) < 4.78 is 8.02. The average Bonchev–Trinajstić information content (AvgIpc) is 3.11. The second-order valence-electron chi connectivity index (χ2n) is 8.66. The van der Waals surface area contributed by atoms with E-state index < -0.39 is 0 Å². The first kappa shape index (κ1) is 23.9. The molecule has 1 aliphatic rings. The molecule has 0 bridgehead atoms. The van der Waals surface area contributed by atoms with Crippen molar-refractivity contribution in [2.75, 3.05) is 45.9 Å². The molecule has 170 valence electrons. The molecule has 0 N–H and O–H groups in total. The van der Waals surface area contributed by atoms with Crippen molar-refractivity contribution < 1.29 is 4.74 Å². The molecule has 2 heterocycles. The number of rotatable bonds is 10. The molecule has 32 heavy (non-hydrogen) atoms. The van der Waals surface area contributed by atoms with E-state index in [1.165, 1.54) is 12.1 Å². The van der Waals surface area contributed by atoms with Crippen LogP contribution in [0.1, 0.15) is 54.6 Å². The zero-order valence-corrected chi connectivity index (χ0v) is 19.7. The molecule has 1 aromatic carbocycles. The fourth-order valence-electron chi connectivity index (χ4n) is 4.54. The maximum absolute atomic E-state index is 9.32. The molecule has 0 spiro atoms. The third kappa shape index (κ3) is 6.13. The minimum atomic E-state index is 0.513. The Balaban J connectivity index is 1.36. The minimum absolute atomic E-state index is 0.513.